The summed E-state index contributed by atoms with van der Waals surface area (Å²) in [5, 5.41) is 0.592. The zero-order chi connectivity index (χ0) is 9.26. The highest BCUT2D eigenvalue weighted by molar-refractivity contribution is 6.63. The van der Waals surface area contributed by atoms with Crippen molar-refractivity contribution in [3.63, 3.8) is 0 Å². The summed E-state index contributed by atoms with van der Waals surface area (Å²) in [6, 6.07) is 9.43. The molecule has 66 valence electrons. The minimum Gasteiger partial charge on any atom is -0.461 e. The summed E-state index contributed by atoms with van der Waals surface area (Å²) in [7, 11) is 0. The van der Waals surface area contributed by atoms with Gasteiger partial charge in [-0.3, -0.25) is 4.79 Å². The van der Waals surface area contributed by atoms with Gasteiger partial charge in [0.2, 0.25) is 5.24 Å². The Labute approximate surface area is 80.1 Å². The molecular formula is C10H7ClO2. The number of carbonyl (C=O) groups is 1. The van der Waals surface area contributed by atoms with Gasteiger partial charge in [0.25, 0.3) is 0 Å². The lowest BCUT2D eigenvalue weighted by molar-refractivity contribution is -0.111. The van der Waals surface area contributed by atoms with E-state index in [0.29, 0.717) is 5.76 Å². The number of halogens is 1. The third kappa shape index (κ3) is 1.73. The van der Waals surface area contributed by atoms with Crippen molar-refractivity contribution >= 4 is 27.8 Å². The lowest BCUT2D eigenvalue weighted by Gasteiger charge is -1.86. The number of hydrogen-bond donors (Lipinski definition) is 0. The number of fused-ring (bicyclic) bond motifs is 1. The zero-order valence-electron chi connectivity index (χ0n) is 6.79. The van der Waals surface area contributed by atoms with Crippen LogP contribution in [0.15, 0.2) is 34.7 Å². The van der Waals surface area contributed by atoms with Crippen LogP contribution in [0.1, 0.15) is 5.76 Å². The van der Waals surface area contributed by atoms with Crippen molar-refractivity contribution in [1.29, 1.82) is 0 Å². The van der Waals surface area contributed by atoms with Crippen molar-refractivity contribution in [2.45, 2.75) is 6.42 Å². The number of carbonyl (C=O) groups excluding carboxylic acids is 1. The highest BCUT2D eigenvalue weighted by atomic mass is 35.5. The molecule has 0 aliphatic rings. The summed E-state index contributed by atoms with van der Waals surface area (Å²) in [6.07, 6.45) is 0.149. The highest BCUT2D eigenvalue weighted by Crippen LogP contribution is 2.19. The maximum Gasteiger partial charge on any atom is 0.229 e. The summed E-state index contributed by atoms with van der Waals surface area (Å²) in [6.45, 7) is 0. The van der Waals surface area contributed by atoms with Gasteiger partial charge >= 0.3 is 0 Å². The summed E-state index contributed by atoms with van der Waals surface area (Å²) in [5.74, 6) is 0.612. The second-order valence-corrected chi connectivity index (χ2v) is 3.20. The van der Waals surface area contributed by atoms with Gasteiger partial charge in [-0.25, -0.2) is 0 Å². The Balaban J connectivity index is 2.44. The average molecular weight is 195 g/mol. The minimum absolute atomic E-state index is 0.149. The summed E-state index contributed by atoms with van der Waals surface area (Å²) in [4.78, 5) is 10.6. The van der Waals surface area contributed by atoms with Crippen LogP contribution < -0.4 is 0 Å². The fraction of sp³-hybridized carbons (Fsp3) is 0.100. The topological polar surface area (TPSA) is 30.2 Å². The highest BCUT2D eigenvalue weighted by Gasteiger charge is 2.05. The van der Waals surface area contributed by atoms with Crippen LogP contribution in [0.4, 0.5) is 0 Å². The number of benzene rings is 1. The molecular weight excluding hydrogens is 188 g/mol. The first-order valence-electron chi connectivity index (χ1n) is 3.91. The predicted octanol–water partition coefficient (Wildman–Crippen LogP) is 2.74. The largest absolute Gasteiger partial charge is 0.461 e. The van der Waals surface area contributed by atoms with E-state index in [2.05, 4.69) is 0 Å². The second kappa shape index (κ2) is 3.23. The first-order valence-corrected chi connectivity index (χ1v) is 4.29. The Morgan fingerprint density at radius 1 is 1.38 bits per heavy atom. The molecule has 3 heteroatoms. The van der Waals surface area contributed by atoms with Gasteiger partial charge in [0.15, 0.2) is 0 Å². The molecule has 0 spiro atoms. The lowest BCUT2D eigenvalue weighted by atomic mass is 10.2. The summed E-state index contributed by atoms with van der Waals surface area (Å²) < 4.78 is 5.37. The van der Waals surface area contributed by atoms with Gasteiger partial charge in [-0.15, -0.1) is 0 Å². The standard InChI is InChI=1S/C10H7ClO2/c11-10(12)6-8-5-7-3-1-2-4-9(7)13-8/h1-5H,6H2. The smallest absolute Gasteiger partial charge is 0.229 e. The van der Waals surface area contributed by atoms with Crippen LogP contribution in [0.3, 0.4) is 0 Å². The van der Waals surface area contributed by atoms with E-state index in [4.69, 9.17) is 16.0 Å². The molecule has 0 saturated heterocycles. The van der Waals surface area contributed by atoms with E-state index >= 15 is 0 Å². The molecule has 0 fully saturated rings. The molecule has 0 unspecified atom stereocenters. The van der Waals surface area contributed by atoms with Crippen molar-refractivity contribution in [3.8, 4) is 0 Å². The summed E-state index contributed by atoms with van der Waals surface area (Å²) in [5.41, 5.74) is 0.787. The van der Waals surface area contributed by atoms with Crippen LogP contribution in [-0.4, -0.2) is 5.24 Å². The molecule has 0 aliphatic carbocycles. The first-order chi connectivity index (χ1) is 6.25. The van der Waals surface area contributed by atoms with Crippen molar-refractivity contribution in [2.24, 2.45) is 0 Å². The van der Waals surface area contributed by atoms with Crippen molar-refractivity contribution < 1.29 is 9.21 Å². The van der Waals surface area contributed by atoms with Crippen molar-refractivity contribution in [1.82, 2.24) is 0 Å². The molecule has 0 N–H and O–H groups in total. The van der Waals surface area contributed by atoms with Gasteiger partial charge in [-0.2, -0.15) is 0 Å². The number of rotatable bonds is 2. The number of para-hydroxylation sites is 1. The number of hydrogen-bond acceptors (Lipinski definition) is 2. The SMILES string of the molecule is O=C(Cl)Cc1cc2ccccc2o1. The lowest BCUT2D eigenvalue weighted by Crippen LogP contribution is -1.89. The zero-order valence-corrected chi connectivity index (χ0v) is 7.54. The van der Waals surface area contributed by atoms with Crippen LogP contribution in [-0.2, 0) is 11.2 Å². The van der Waals surface area contributed by atoms with Crippen molar-refractivity contribution in [3.05, 3.63) is 36.1 Å². The summed E-state index contributed by atoms with van der Waals surface area (Å²) >= 11 is 5.24. The maximum atomic E-state index is 10.6. The van der Waals surface area contributed by atoms with E-state index in [1.807, 2.05) is 30.3 Å². The van der Waals surface area contributed by atoms with E-state index in [0.717, 1.165) is 11.0 Å². The normalized spacial score (nSPS) is 10.5. The fourth-order valence-corrected chi connectivity index (χ4v) is 1.39. The molecule has 2 aromatic rings. The molecule has 0 atom stereocenters. The van der Waals surface area contributed by atoms with E-state index in [1.54, 1.807) is 0 Å². The molecule has 1 aromatic heterocycles. The quantitative estimate of drug-likeness (QED) is 0.689. The second-order valence-electron chi connectivity index (χ2n) is 2.78. The average Bonchev–Trinajstić information content (AvgIpc) is 2.44. The Kier molecular flexibility index (Phi) is 2.07. The predicted molar refractivity (Wildman–Crippen MR) is 50.8 cm³/mol. The Hall–Kier alpha value is -1.28. The molecule has 1 aromatic carbocycles. The molecule has 0 saturated carbocycles. The molecule has 0 aliphatic heterocycles. The van der Waals surface area contributed by atoms with Gasteiger partial charge in [0.1, 0.15) is 11.3 Å². The molecule has 2 nitrogen and oxygen atoms in total. The van der Waals surface area contributed by atoms with Gasteiger partial charge in [-0.1, -0.05) is 18.2 Å². The van der Waals surface area contributed by atoms with Gasteiger partial charge in [0.05, 0.1) is 6.42 Å². The van der Waals surface area contributed by atoms with Gasteiger partial charge in [-0.05, 0) is 23.7 Å². The Morgan fingerprint density at radius 3 is 2.85 bits per heavy atom. The van der Waals surface area contributed by atoms with Gasteiger partial charge < -0.3 is 4.42 Å². The molecule has 2 rings (SSSR count). The monoisotopic (exact) mass is 194 g/mol. The molecule has 0 radical (unpaired) electrons. The molecule has 0 bridgehead atoms. The molecule has 13 heavy (non-hydrogen) atoms. The van der Waals surface area contributed by atoms with Gasteiger partial charge in [0, 0.05) is 5.39 Å². The van der Waals surface area contributed by atoms with Crippen LogP contribution in [0.25, 0.3) is 11.0 Å². The van der Waals surface area contributed by atoms with E-state index < -0.39 is 5.24 Å². The maximum absolute atomic E-state index is 10.6. The third-order valence-electron chi connectivity index (χ3n) is 1.79. The number of furan rings is 1. The molecule has 1 heterocycles. The third-order valence-corrected chi connectivity index (χ3v) is 1.92. The van der Waals surface area contributed by atoms with Crippen molar-refractivity contribution in [2.75, 3.05) is 0 Å². The van der Waals surface area contributed by atoms with Crippen LogP contribution in [0.5, 0.6) is 0 Å². The van der Waals surface area contributed by atoms with Crippen LogP contribution >= 0.6 is 11.6 Å². The van der Waals surface area contributed by atoms with E-state index in [9.17, 15) is 4.79 Å². The fourth-order valence-electron chi connectivity index (χ4n) is 1.26. The first kappa shape index (κ1) is 8.32. The Morgan fingerprint density at radius 2 is 2.15 bits per heavy atom. The van der Waals surface area contributed by atoms with Crippen LogP contribution in [0, 0.1) is 0 Å². The minimum atomic E-state index is -0.404. The van der Waals surface area contributed by atoms with E-state index in [-0.39, 0.29) is 6.42 Å². The molecule has 0 amide bonds. The van der Waals surface area contributed by atoms with E-state index in [1.165, 1.54) is 0 Å². The van der Waals surface area contributed by atoms with Crippen LogP contribution in [0.2, 0.25) is 0 Å². The Bertz CT molecular complexity index is 412.